The lowest BCUT2D eigenvalue weighted by atomic mass is 10.1. The van der Waals surface area contributed by atoms with Gasteiger partial charge in [-0.25, -0.2) is 4.79 Å². The summed E-state index contributed by atoms with van der Waals surface area (Å²) in [5.41, 5.74) is 3.43. The van der Waals surface area contributed by atoms with E-state index >= 15 is 0 Å². The number of benzene rings is 1. The maximum absolute atomic E-state index is 11.0. The molecule has 4 nitrogen and oxygen atoms in total. The molecule has 20 heavy (non-hydrogen) atoms. The Morgan fingerprint density at radius 1 is 1.35 bits per heavy atom. The minimum Gasteiger partial charge on any atom is -0.465 e. The van der Waals surface area contributed by atoms with E-state index in [4.69, 9.17) is 11.5 Å². The molecule has 0 saturated carbocycles. The van der Waals surface area contributed by atoms with E-state index in [0.717, 1.165) is 16.8 Å². The number of hydrogen-bond donors (Lipinski definition) is 2. The monoisotopic (exact) mass is 270 g/mol. The summed E-state index contributed by atoms with van der Waals surface area (Å²) in [5.74, 6) is 5.46. The standard InChI is InChI=1S/C16H18N2O2/c1-5-6-7-8-9-17-15-12(2)10-14(11-13(15)3)18(4)16(19)20/h1,10-11,17H,6-7H2,2-4H3,(H,19,20). The number of hydrogen-bond acceptors (Lipinski definition) is 2. The molecular weight excluding hydrogens is 252 g/mol. The fourth-order valence-electron chi connectivity index (χ4n) is 1.75. The van der Waals surface area contributed by atoms with Crippen molar-refractivity contribution in [2.75, 3.05) is 17.3 Å². The number of carboxylic acid groups (broad SMARTS) is 1. The van der Waals surface area contributed by atoms with E-state index in [1.807, 2.05) is 26.0 Å². The summed E-state index contributed by atoms with van der Waals surface area (Å²) < 4.78 is 0. The molecule has 104 valence electrons. The number of rotatable bonds is 3. The van der Waals surface area contributed by atoms with Crippen LogP contribution in [0.3, 0.4) is 0 Å². The largest absolute Gasteiger partial charge is 0.465 e. The van der Waals surface area contributed by atoms with Crippen molar-refractivity contribution in [1.82, 2.24) is 0 Å². The first-order valence-electron chi connectivity index (χ1n) is 6.22. The molecule has 0 aliphatic heterocycles. The molecule has 1 aromatic rings. The van der Waals surface area contributed by atoms with Gasteiger partial charge in [-0.1, -0.05) is 5.92 Å². The van der Waals surface area contributed by atoms with Gasteiger partial charge in [-0.05, 0) is 37.1 Å². The molecule has 0 aliphatic rings. The summed E-state index contributed by atoms with van der Waals surface area (Å²) in [6, 6.07) is 6.49. The number of aryl methyl sites for hydroxylation is 2. The van der Waals surface area contributed by atoms with Crippen molar-refractivity contribution in [2.45, 2.75) is 26.7 Å². The Bertz CT molecular complexity index is 580. The second-order valence-electron chi connectivity index (χ2n) is 4.43. The topological polar surface area (TPSA) is 52.6 Å². The molecule has 2 N–H and O–H groups in total. The Morgan fingerprint density at radius 2 is 1.95 bits per heavy atom. The minimum atomic E-state index is -0.987. The Balaban J connectivity index is 2.92. The molecule has 0 radical (unpaired) electrons. The van der Waals surface area contributed by atoms with Gasteiger partial charge in [-0.2, -0.15) is 0 Å². The van der Waals surface area contributed by atoms with Crippen LogP contribution in [-0.2, 0) is 0 Å². The zero-order valence-corrected chi connectivity index (χ0v) is 11.9. The van der Waals surface area contributed by atoms with Gasteiger partial charge >= 0.3 is 6.09 Å². The van der Waals surface area contributed by atoms with Gasteiger partial charge in [0.05, 0.1) is 5.69 Å². The highest BCUT2D eigenvalue weighted by Gasteiger charge is 2.11. The SMILES string of the molecule is C#CCCC#CNc1c(C)cc(N(C)C(=O)O)cc1C. The highest BCUT2D eigenvalue weighted by molar-refractivity contribution is 5.86. The molecule has 0 spiro atoms. The van der Waals surface area contributed by atoms with Crippen molar-refractivity contribution < 1.29 is 9.90 Å². The lowest BCUT2D eigenvalue weighted by Crippen LogP contribution is -2.24. The van der Waals surface area contributed by atoms with Crippen LogP contribution in [-0.4, -0.2) is 18.2 Å². The normalized spacial score (nSPS) is 9.10. The molecule has 0 atom stereocenters. The van der Waals surface area contributed by atoms with Crippen LogP contribution in [0.5, 0.6) is 0 Å². The molecule has 0 saturated heterocycles. The second kappa shape index (κ2) is 7.11. The molecule has 0 fully saturated rings. The number of nitrogens with one attached hydrogen (secondary N) is 1. The quantitative estimate of drug-likeness (QED) is 0.504. The third kappa shape index (κ3) is 3.96. The summed E-state index contributed by atoms with van der Waals surface area (Å²) in [6.07, 6.45) is 5.45. The highest BCUT2D eigenvalue weighted by Crippen LogP contribution is 2.26. The van der Waals surface area contributed by atoms with Crippen LogP contribution >= 0.6 is 0 Å². The Hall–Kier alpha value is -2.59. The molecule has 1 aromatic carbocycles. The van der Waals surface area contributed by atoms with Gasteiger partial charge in [0.1, 0.15) is 0 Å². The number of amides is 1. The minimum absolute atomic E-state index is 0.634. The predicted molar refractivity (Wildman–Crippen MR) is 81.8 cm³/mol. The van der Waals surface area contributed by atoms with E-state index in [2.05, 4.69) is 23.2 Å². The van der Waals surface area contributed by atoms with Gasteiger partial charge in [0.2, 0.25) is 0 Å². The van der Waals surface area contributed by atoms with Crippen molar-refractivity contribution in [3.63, 3.8) is 0 Å². The van der Waals surface area contributed by atoms with Crippen molar-refractivity contribution in [1.29, 1.82) is 0 Å². The molecule has 1 rings (SSSR count). The first-order chi connectivity index (χ1) is 9.47. The highest BCUT2D eigenvalue weighted by atomic mass is 16.4. The number of terminal acetylenes is 1. The summed E-state index contributed by atoms with van der Waals surface area (Å²) in [4.78, 5) is 12.1. The second-order valence-corrected chi connectivity index (χ2v) is 4.43. The lowest BCUT2D eigenvalue weighted by molar-refractivity contribution is 0.203. The summed E-state index contributed by atoms with van der Waals surface area (Å²) >= 11 is 0. The van der Waals surface area contributed by atoms with E-state index < -0.39 is 6.09 Å². The maximum Gasteiger partial charge on any atom is 0.411 e. The van der Waals surface area contributed by atoms with Crippen molar-refractivity contribution in [3.8, 4) is 24.3 Å². The van der Waals surface area contributed by atoms with Gasteiger partial charge in [-0.3, -0.25) is 4.90 Å². The smallest absolute Gasteiger partial charge is 0.411 e. The fourth-order valence-corrected chi connectivity index (χ4v) is 1.75. The van der Waals surface area contributed by atoms with Gasteiger partial charge in [-0.15, -0.1) is 12.3 Å². The predicted octanol–water partition coefficient (Wildman–Crippen LogP) is 3.20. The molecular formula is C16H18N2O2. The van der Waals surface area contributed by atoms with Crippen LogP contribution in [0.2, 0.25) is 0 Å². The Morgan fingerprint density at radius 3 is 2.45 bits per heavy atom. The molecule has 0 heterocycles. The molecule has 0 aliphatic carbocycles. The zero-order valence-electron chi connectivity index (χ0n) is 11.9. The summed E-state index contributed by atoms with van der Waals surface area (Å²) in [6.45, 7) is 3.83. The van der Waals surface area contributed by atoms with E-state index in [9.17, 15) is 4.79 Å². The molecule has 4 heteroatoms. The van der Waals surface area contributed by atoms with Crippen LogP contribution in [0.15, 0.2) is 12.1 Å². The van der Waals surface area contributed by atoms with E-state index in [1.54, 1.807) is 0 Å². The van der Waals surface area contributed by atoms with Crippen molar-refractivity contribution >= 4 is 17.5 Å². The Kier molecular flexibility index (Phi) is 5.50. The molecule has 0 unspecified atom stereocenters. The van der Waals surface area contributed by atoms with Crippen LogP contribution in [0, 0.1) is 38.2 Å². The average Bonchev–Trinajstić information content (AvgIpc) is 2.39. The van der Waals surface area contributed by atoms with Crippen LogP contribution in [0.1, 0.15) is 24.0 Å². The fraction of sp³-hybridized carbons (Fsp3) is 0.312. The van der Waals surface area contributed by atoms with Crippen molar-refractivity contribution in [3.05, 3.63) is 23.3 Å². The average molecular weight is 270 g/mol. The molecule has 0 aromatic heterocycles. The van der Waals surface area contributed by atoms with Crippen molar-refractivity contribution in [2.24, 2.45) is 0 Å². The van der Waals surface area contributed by atoms with E-state index in [-0.39, 0.29) is 0 Å². The van der Waals surface area contributed by atoms with Crippen LogP contribution in [0.4, 0.5) is 16.2 Å². The van der Waals surface area contributed by atoms with Gasteiger partial charge < -0.3 is 10.4 Å². The Labute approximate surface area is 119 Å². The third-order valence-electron chi connectivity index (χ3n) is 2.86. The van der Waals surface area contributed by atoms with E-state index in [1.165, 1.54) is 11.9 Å². The summed E-state index contributed by atoms with van der Waals surface area (Å²) in [5, 5.41) is 12.0. The third-order valence-corrected chi connectivity index (χ3v) is 2.86. The number of carbonyl (C=O) groups is 1. The number of anilines is 2. The molecule has 1 amide bonds. The van der Waals surface area contributed by atoms with Gasteiger partial charge in [0, 0.05) is 31.6 Å². The van der Waals surface area contributed by atoms with Gasteiger partial charge in [0.15, 0.2) is 0 Å². The maximum atomic E-state index is 11.0. The lowest BCUT2D eigenvalue weighted by Gasteiger charge is -2.17. The first-order valence-corrected chi connectivity index (χ1v) is 6.22. The summed E-state index contributed by atoms with van der Waals surface area (Å²) in [7, 11) is 1.52. The van der Waals surface area contributed by atoms with E-state index in [0.29, 0.717) is 18.5 Å². The van der Waals surface area contributed by atoms with Crippen LogP contribution in [0.25, 0.3) is 0 Å². The zero-order chi connectivity index (χ0) is 15.1. The number of unbranched alkanes of at least 4 members (excludes halogenated alkanes) is 1. The number of nitrogens with zero attached hydrogens (tertiary/aromatic N) is 1. The molecule has 0 bridgehead atoms. The van der Waals surface area contributed by atoms with Gasteiger partial charge in [0.25, 0.3) is 0 Å². The first kappa shape index (κ1) is 15.5. The van der Waals surface area contributed by atoms with Crippen LogP contribution < -0.4 is 10.2 Å².